The first-order valence-corrected chi connectivity index (χ1v) is 11.6. The van der Waals surface area contributed by atoms with E-state index in [1.54, 1.807) is 30.3 Å². The van der Waals surface area contributed by atoms with Crippen molar-refractivity contribution in [3.63, 3.8) is 0 Å². The number of carbonyl (C=O) groups is 3. The summed E-state index contributed by atoms with van der Waals surface area (Å²) in [4.78, 5) is 43.4. The molecule has 1 fully saturated rings. The van der Waals surface area contributed by atoms with E-state index in [2.05, 4.69) is 10.3 Å². The van der Waals surface area contributed by atoms with E-state index in [4.69, 9.17) is 4.74 Å². The Bertz CT molecular complexity index is 1440. The number of ketones is 1. The molecule has 1 aliphatic rings. The van der Waals surface area contributed by atoms with E-state index < -0.39 is 11.8 Å². The monoisotopic (exact) mass is 480 g/mol. The lowest BCUT2D eigenvalue weighted by molar-refractivity contribution is -0.145. The Morgan fingerprint density at radius 2 is 1.64 bits per heavy atom. The van der Waals surface area contributed by atoms with Crippen LogP contribution in [0.1, 0.15) is 16.1 Å². The predicted octanol–water partition coefficient (Wildman–Crippen LogP) is 3.72. The minimum atomic E-state index is -0.711. The van der Waals surface area contributed by atoms with Crippen molar-refractivity contribution >= 4 is 40.3 Å². The van der Waals surface area contributed by atoms with E-state index in [0.717, 1.165) is 16.6 Å². The number of amides is 2. The molecule has 1 saturated heterocycles. The normalized spacial score (nSPS) is 13.7. The van der Waals surface area contributed by atoms with Crippen LogP contribution in [-0.2, 0) is 14.3 Å². The van der Waals surface area contributed by atoms with Crippen molar-refractivity contribution < 1.29 is 19.1 Å². The lowest BCUT2D eigenvalue weighted by Gasteiger charge is -2.26. The van der Waals surface area contributed by atoms with Crippen LogP contribution in [0.3, 0.4) is 0 Å². The van der Waals surface area contributed by atoms with Crippen LogP contribution in [0, 0.1) is 0 Å². The molecule has 2 aromatic heterocycles. The van der Waals surface area contributed by atoms with Gasteiger partial charge in [0, 0.05) is 42.1 Å². The molecule has 1 aliphatic heterocycles. The minimum Gasteiger partial charge on any atom is -0.378 e. The first kappa shape index (κ1) is 23.2. The fourth-order valence-electron chi connectivity index (χ4n) is 4.04. The Labute approximate surface area is 207 Å². The summed E-state index contributed by atoms with van der Waals surface area (Å²) in [6.45, 7) is 1.63. The van der Waals surface area contributed by atoms with Crippen molar-refractivity contribution in [2.45, 2.75) is 0 Å². The topological polar surface area (TPSA) is 93.5 Å². The Kier molecular flexibility index (Phi) is 6.68. The van der Waals surface area contributed by atoms with Gasteiger partial charge in [0.15, 0.2) is 5.78 Å². The third-order valence-corrected chi connectivity index (χ3v) is 5.92. The van der Waals surface area contributed by atoms with Crippen LogP contribution < -0.4 is 5.32 Å². The van der Waals surface area contributed by atoms with Gasteiger partial charge in [0.1, 0.15) is 0 Å². The lowest BCUT2D eigenvalue weighted by atomic mass is 10.1. The minimum absolute atomic E-state index is 0.199. The Balaban J connectivity index is 1.28. The van der Waals surface area contributed by atoms with E-state index in [0.29, 0.717) is 43.2 Å². The van der Waals surface area contributed by atoms with Crippen molar-refractivity contribution in [2.75, 3.05) is 31.6 Å². The quantitative estimate of drug-likeness (QED) is 0.267. The number of pyridine rings is 1. The number of morpholine rings is 1. The SMILES string of the molecule is O=C(Nc1ccc(C(=O)C=Cc2cc(-n3cccc3)c3ccccc3n2)cc1)C(=O)N1CCOCC1. The molecular weight excluding hydrogens is 456 g/mol. The molecule has 180 valence electrons. The molecule has 5 rings (SSSR count). The second kappa shape index (κ2) is 10.4. The second-order valence-corrected chi connectivity index (χ2v) is 8.31. The van der Waals surface area contributed by atoms with Crippen LogP contribution in [-0.4, -0.2) is 58.4 Å². The number of allylic oxidation sites excluding steroid dienone is 1. The molecule has 3 heterocycles. The van der Waals surface area contributed by atoms with E-state index in [1.165, 1.54) is 11.0 Å². The van der Waals surface area contributed by atoms with Crippen LogP contribution in [0.5, 0.6) is 0 Å². The zero-order chi connectivity index (χ0) is 24.9. The first-order valence-electron chi connectivity index (χ1n) is 11.6. The molecule has 0 unspecified atom stereocenters. The Morgan fingerprint density at radius 3 is 2.39 bits per heavy atom. The van der Waals surface area contributed by atoms with Crippen LogP contribution in [0.15, 0.2) is 85.2 Å². The number of ether oxygens (including phenoxy) is 1. The summed E-state index contributed by atoms with van der Waals surface area (Å²) in [6, 6.07) is 20.1. The van der Waals surface area contributed by atoms with Crippen LogP contribution in [0.25, 0.3) is 22.7 Å². The highest BCUT2D eigenvalue weighted by molar-refractivity contribution is 6.39. The van der Waals surface area contributed by atoms with Gasteiger partial charge in [-0.05, 0) is 60.7 Å². The highest BCUT2D eigenvalue weighted by Crippen LogP contribution is 2.23. The molecule has 8 nitrogen and oxygen atoms in total. The van der Waals surface area contributed by atoms with E-state index in [9.17, 15) is 14.4 Å². The average molecular weight is 481 g/mol. The van der Waals surface area contributed by atoms with Crippen molar-refractivity contribution in [2.24, 2.45) is 0 Å². The average Bonchev–Trinajstić information content (AvgIpc) is 3.46. The van der Waals surface area contributed by atoms with Crippen molar-refractivity contribution in [1.82, 2.24) is 14.5 Å². The number of nitrogens with one attached hydrogen (secondary N) is 1. The summed E-state index contributed by atoms with van der Waals surface area (Å²) in [5, 5.41) is 3.60. The smallest absolute Gasteiger partial charge is 0.313 e. The van der Waals surface area contributed by atoms with Crippen LogP contribution in [0.2, 0.25) is 0 Å². The molecule has 0 radical (unpaired) electrons. The summed E-state index contributed by atoms with van der Waals surface area (Å²) in [7, 11) is 0. The van der Waals surface area contributed by atoms with Gasteiger partial charge in [0.2, 0.25) is 0 Å². The number of rotatable bonds is 5. The number of anilines is 1. The van der Waals surface area contributed by atoms with Gasteiger partial charge in [0.25, 0.3) is 0 Å². The van der Waals surface area contributed by atoms with Gasteiger partial charge >= 0.3 is 11.8 Å². The molecule has 0 aliphatic carbocycles. The highest BCUT2D eigenvalue weighted by atomic mass is 16.5. The molecule has 0 saturated carbocycles. The third kappa shape index (κ3) is 5.08. The molecule has 1 N–H and O–H groups in total. The van der Waals surface area contributed by atoms with Gasteiger partial charge in [-0.3, -0.25) is 14.4 Å². The van der Waals surface area contributed by atoms with Crippen LogP contribution in [0.4, 0.5) is 5.69 Å². The fourth-order valence-corrected chi connectivity index (χ4v) is 4.04. The largest absolute Gasteiger partial charge is 0.378 e. The van der Waals surface area contributed by atoms with Crippen LogP contribution >= 0.6 is 0 Å². The number of hydrogen-bond donors (Lipinski definition) is 1. The summed E-state index contributed by atoms with van der Waals surface area (Å²) in [6.07, 6.45) is 7.11. The molecule has 2 amide bonds. The van der Waals surface area contributed by atoms with Gasteiger partial charge in [-0.15, -0.1) is 0 Å². The molecule has 8 heteroatoms. The van der Waals surface area contributed by atoms with E-state index >= 15 is 0 Å². The summed E-state index contributed by atoms with van der Waals surface area (Å²) >= 11 is 0. The number of para-hydroxylation sites is 1. The fraction of sp³-hybridized carbons (Fsp3) is 0.143. The van der Waals surface area contributed by atoms with Gasteiger partial charge in [-0.25, -0.2) is 4.98 Å². The maximum absolute atomic E-state index is 12.8. The number of fused-ring (bicyclic) bond motifs is 1. The van der Waals surface area contributed by atoms with Crippen molar-refractivity contribution in [3.8, 4) is 5.69 Å². The number of aromatic nitrogens is 2. The number of nitrogens with zero attached hydrogens (tertiary/aromatic N) is 3. The van der Waals surface area contributed by atoms with Crippen molar-refractivity contribution in [3.05, 3.63) is 96.5 Å². The molecule has 2 aromatic carbocycles. The second-order valence-electron chi connectivity index (χ2n) is 8.31. The molecular formula is C28H24N4O4. The summed E-state index contributed by atoms with van der Waals surface area (Å²) < 4.78 is 7.22. The maximum atomic E-state index is 12.8. The Morgan fingerprint density at radius 1 is 0.917 bits per heavy atom. The maximum Gasteiger partial charge on any atom is 0.313 e. The third-order valence-electron chi connectivity index (χ3n) is 5.92. The molecule has 36 heavy (non-hydrogen) atoms. The van der Waals surface area contributed by atoms with Gasteiger partial charge in [0.05, 0.1) is 30.1 Å². The molecule has 4 aromatic rings. The Hall–Kier alpha value is -4.56. The number of benzene rings is 2. The van der Waals surface area contributed by atoms with Gasteiger partial charge in [-0.1, -0.05) is 18.2 Å². The van der Waals surface area contributed by atoms with E-state index in [-0.39, 0.29) is 5.78 Å². The van der Waals surface area contributed by atoms with Crippen molar-refractivity contribution in [1.29, 1.82) is 0 Å². The first-order chi connectivity index (χ1) is 17.6. The van der Waals surface area contributed by atoms with E-state index in [1.807, 2.05) is 59.4 Å². The number of carbonyl (C=O) groups excluding carboxylic acids is 3. The zero-order valence-corrected chi connectivity index (χ0v) is 19.5. The predicted molar refractivity (Wildman–Crippen MR) is 137 cm³/mol. The summed E-state index contributed by atoms with van der Waals surface area (Å²) in [5.41, 5.74) is 3.37. The standard InChI is InChI=1S/C28H24N4O4/c33-26(20-7-9-21(10-8-20)30-27(34)28(35)32-15-17-36-18-16-32)12-11-22-19-25(31-13-3-4-14-31)23-5-1-2-6-24(23)29-22/h1-14,19H,15-18H2,(H,30,34). The molecule has 0 spiro atoms. The zero-order valence-electron chi connectivity index (χ0n) is 19.5. The number of hydrogen-bond acceptors (Lipinski definition) is 5. The molecule has 0 atom stereocenters. The lowest BCUT2D eigenvalue weighted by Crippen LogP contribution is -2.45. The van der Waals surface area contributed by atoms with Gasteiger partial charge in [-0.2, -0.15) is 0 Å². The van der Waals surface area contributed by atoms with Gasteiger partial charge < -0.3 is 19.5 Å². The molecule has 0 bridgehead atoms. The summed E-state index contributed by atoms with van der Waals surface area (Å²) in [5.74, 6) is -1.50. The highest BCUT2D eigenvalue weighted by Gasteiger charge is 2.23.